The van der Waals surface area contributed by atoms with Crippen molar-refractivity contribution in [2.24, 2.45) is 0 Å². The standard InChI is InChI=1S/C17H30N2S/c1-11(2)15-14(17(5,6)7)13(9-10-20-8)18-16(19-15)12(3)4/h11-12H,9-10H2,1-8H3. The predicted octanol–water partition coefficient (Wildman–Crippen LogP) is 4.93. The largest absolute Gasteiger partial charge is 0.237 e. The quantitative estimate of drug-likeness (QED) is 0.770. The number of rotatable bonds is 5. The van der Waals surface area contributed by atoms with Gasteiger partial charge in [0, 0.05) is 17.2 Å². The van der Waals surface area contributed by atoms with E-state index in [9.17, 15) is 0 Å². The molecule has 0 amide bonds. The number of aromatic nitrogens is 2. The van der Waals surface area contributed by atoms with Gasteiger partial charge in [-0.15, -0.1) is 0 Å². The van der Waals surface area contributed by atoms with Crippen LogP contribution in [0.1, 0.15) is 83.1 Å². The van der Waals surface area contributed by atoms with Gasteiger partial charge in [-0.25, -0.2) is 9.97 Å². The minimum atomic E-state index is 0.100. The van der Waals surface area contributed by atoms with Crippen LogP contribution in [0.4, 0.5) is 0 Å². The van der Waals surface area contributed by atoms with Gasteiger partial charge in [-0.2, -0.15) is 11.8 Å². The zero-order chi connectivity index (χ0) is 15.5. The van der Waals surface area contributed by atoms with E-state index < -0.39 is 0 Å². The molecule has 1 aromatic heterocycles. The molecular weight excluding hydrogens is 264 g/mol. The molecule has 0 saturated carbocycles. The Kier molecular flexibility index (Phi) is 6.06. The summed E-state index contributed by atoms with van der Waals surface area (Å²) in [4.78, 5) is 9.78. The molecule has 1 aromatic rings. The number of nitrogens with zero attached hydrogens (tertiary/aromatic N) is 2. The average molecular weight is 295 g/mol. The van der Waals surface area contributed by atoms with Crippen LogP contribution in [-0.2, 0) is 11.8 Å². The van der Waals surface area contributed by atoms with Gasteiger partial charge in [0.15, 0.2) is 0 Å². The molecule has 1 rings (SSSR count). The van der Waals surface area contributed by atoms with E-state index in [2.05, 4.69) is 54.7 Å². The predicted molar refractivity (Wildman–Crippen MR) is 91.0 cm³/mol. The smallest absolute Gasteiger partial charge is 0.131 e. The van der Waals surface area contributed by atoms with Crippen LogP contribution in [0.15, 0.2) is 0 Å². The van der Waals surface area contributed by atoms with Crippen molar-refractivity contribution in [2.75, 3.05) is 12.0 Å². The molecule has 0 unspecified atom stereocenters. The van der Waals surface area contributed by atoms with E-state index in [0.29, 0.717) is 11.8 Å². The van der Waals surface area contributed by atoms with Gasteiger partial charge in [-0.05, 0) is 29.8 Å². The second kappa shape index (κ2) is 6.93. The highest BCUT2D eigenvalue weighted by Crippen LogP contribution is 2.33. The molecule has 0 radical (unpaired) electrons. The van der Waals surface area contributed by atoms with Crippen molar-refractivity contribution < 1.29 is 0 Å². The summed E-state index contributed by atoms with van der Waals surface area (Å²) in [5, 5.41) is 0. The van der Waals surface area contributed by atoms with Crippen LogP contribution in [0.25, 0.3) is 0 Å². The maximum atomic E-state index is 4.89. The van der Waals surface area contributed by atoms with Gasteiger partial charge in [-0.1, -0.05) is 48.5 Å². The Labute approximate surface area is 129 Å². The van der Waals surface area contributed by atoms with Crippen LogP contribution in [0, 0.1) is 0 Å². The number of aryl methyl sites for hydroxylation is 1. The summed E-state index contributed by atoms with van der Waals surface area (Å²) in [6, 6.07) is 0. The van der Waals surface area contributed by atoms with Gasteiger partial charge in [0.2, 0.25) is 0 Å². The maximum Gasteiger partial charge on any atom is 0.131 e. The highest BCUT2D eigenvalue weighted by atomic mass is 32.2. The van der Waals surface area contributed by atoms with Crippen molar-refractivity contribution in [1.29, 1.82) is 0 Å². The zero-order valence-corrected chi connectivity index (χ0v) is 15.2. The van der Waals surface area contributed by atoms with E-state index in [1.807, 2.05) is 11.8 Å². The van der Waals surface area contributed by atoms with Crippen molar-refractivity contribution in [3.05, 3.63) is 22.8 Å². The van der Waals surface area contributed by atoms with E-state index in [4.69, 9.17) is 9.97 Å². The van der Waals surface area contributed by atoms with Crippen molar-refractivity contribution in [3.8, 4) is 0 Å². The highest BCUT2D eigenvalue weighted by molar-refractivity contribution is 7.98. The van der Waals surface area contributed by atoms with Crippen molar-refractivity contribution in [3.63, 3.8) is 0 Å². The zero-order valence-electron chi connectivity index (χ0n) is 14.4. The van der Waals surface area contributed by atoms with Crippen LogP contribution in [0.3, 0.4) is 0 Å². The third-order valence-electron chi connectivity index (χ3n) is 3.39. The number of hydrogen-bond acceptors (Lipinski definition) is 3. The molecule has 0 bridgehead atoms. The average Bonchev–Trinajstić information content (AvgIpc) is 2.33. The fourth-order valence-electron chi connectivity index (χ4n) is 2.42. The van der Waals surface area contributed by atoms with Crippen LogP contribution >= 0.6 is 11.8 Å². The van der Waals surface area contributed by atoms with Gasteiger partial charge in [0.05, 0.1) is 5.69 Å². The molecule has 0 atom stereocenters. The summed E-state index contributed by atoms with van der Waals surface area (Å²) in [7, 11) is 0. The normalized spacial score (nSPS) is 12.5. The number of hydrogen-bond donors (Lipinski definition) is 0. The molecule has 114 valence electrons. The van der Waals surface area contributed by atoms with E-state index in [1.54, 1.807) is 0 Å². The Hall–Kier alpha value is -0.570. The summed E-state index contributed by atoms with van der Waals surface area (Å²) in [6.45, 7) is 15.6. The Morgan fingerprint density at radius 3 is 2.00 bits per heavy atom. The summed E-state index contributed by atoms with van der Waals surface area (Å²) in [5.41, 5.74) is 3.97. The number of thioether (sulfide) groups is 1. The third-order valence-corrected chi connectivity index (χ3v) is 4.00. The molecule has 3 heteroatoms. The van der Waals surface area contributed by atoms with Gasteiger partial charge >= 0.3 is 0 Å². The molecule has 2 nitrogen and oxygen atoms in total. The van der Waals surface area contributed by atoms with Gasteiger partial charge < -0.3 is 0 Å². The lowest BCUT2D eigenvalue weighted by atomic mass is 9.81. The Balaban J connectivity index is 3.49. The molecule has 0 aliphatic carbocycles. The molecule has 0 saturated heterocycles. The fraction of sp³-hybridized carbons (Fsp3) is 0.765. The lowest BCUT2D eigenvalue weighted by Gasteiger charge is -2.27. The summed E-state index contributed by atoms with van der Waals surface area (Å²) < 4.78 is 0. The Bertz CT molecular complexity index is 445. The van der Waals surface area contributed by atoms with E-state index >= 15 is 0 Å². The minimum Gasteiger partial charge on any atom is -0.237 e. The second-order valence-electron chi connectivity index (χ2n) is 7.09. The molecule has 0 aliphatic rings. The fourth-order valence-corrected chi connectivity index (χ4v) is 2.82. The van der Waals surface area contributed by atoms with Crippen molar-refractivity contribution in [2.45, 2.75) is 72.1 Å². The van der Waals surface area contributed by atoms with Gasteiger partial charge in [0.1, 0.15) is 5.82 Å². The molecule has 0 N–H and O–H groups in total. The summed E-state index contributed by atoms with van der Waals surface area (Å²) >= 11 is 1.88. The first-order chi connectivity index (χ1) is 9.18. The topological polar surface area (TPSA) is 25.8 Å². The van der Waals surface area contributed by atoms with Crippen molar-refractivity contribution >= 4 is 11.8 Å². The molecule has 1 heterocycles. The van der Waals surface area contributed by atoms with E-state index in [-0.39, 0.29) is 5.41 Å². The minimum absolute atomic E-state index is 0.100. The first kappa shape index (κ1) is 17.5. The highest BCUT2D eigenvalue weighted by Gasteiger charge is 2.26. The maximum absolute atomic E-state index is 4.89. The van der Waals surface area contributed by atoms with Crippen LogP contribution in [-0.4, -0.2) is 22.0 Å². The second-order valence-corrected chi connectivity index (χ2v) is 8.08. The summed E-state index contributed by atoms with van der Waals surface area (Å²) in [5.74, 6) is 2.94. The first-order valence-electron chi connectivity index (χ1n) is 7.58. The van der Waals surface area contributed by atoms with E-state index in [1.165, 1.54) is 17.0 Å². The van der Waals surface area contributed by atoms with Gasteiger partial charge in [-0.3, -0.25) is 0 Å². The molecule has 0 fully saturated rings. The van der Waals surface area contributed by atoms with Gasteiger partial charge in [0.25, 0.3) is 0 Å². The van der Waals surface area contributed by atoms with Crippen molar-refractivity contribution in [1.82, 2.24) is 9.97 Å². The first-order valence-corrected chi connectivity index (χ1v) is 8.98. The molecule has 0 spiro atoms. The van der Waals surface area contributed by atoms with Crippen LogP contribution in [0.2, 0.25) is 0 Å². The molecule has 0 aliphatic heterocycles. The molecule has 0 aromatic carbocycles. The molecular formula is C17H30N2S. The van der Waals surface area contributed by atoms with Crippen LogP contribution < -0.4 is 0 Å². The third kappa shape index (κ3) is 4.21. The Morgan fingerprint density at radius 1 is 1.00 bits per heavy atom. The lowest BCUT2D eigenvalue weighted by molar-refractivity contribution is 0.550. The van der Waals surface area contributed by atoms with Crippen LogP contribution in [0.5, 0.6) is 0 Å². The Morgan fingerprint density at radius 2 is 1.60 bits per heavy atom. The lowest BCUT2D eigenvalue weighted by Crippen LogP contribution is -2.22. The van der Waals surface area contributed by atoms with E-state index in [0.717, 1.165) is 18.0 Å². The summed E-state index contributed by atoms with van der Waals surface area (Å²) in [6.07, 6.45) is 3.19. The monoisotopic (exact) mass is 294 g/mol. The molecule has 20 heavy (non-hydrogen) atoms. The SMILES string of the molecule is CSCCc1nc(C(C)C)nc(C(C)C)c1C(C)(C)C.